The normalized spacial score (nSPS) is 15.6. The molecule has 0 heterocycles. The van der Waals surface area contributed by atoms with E-state index in [9.17, 15) is 4.39 Å². The minimum Gasteiger partial charge on any atom is -0.320 e. The number of hydrogen-bond acceptors (Lipinski definition) is 2. The molecule has 2 N–H and O–H groups in total. The van der Waals surface area contributed by atoms with Crippen molar-refractivity contribution in [1.29, 1.82) is 0 Å². The lowest BCUT2D eigenvalue weighted by atomic mass is 9.92. The first-order valence-electron chi connectivity index (χ1n) is 4.62. The van der Waals surface area contributed by atoms with Crippen LogP contribution in [-0.2, 0) is 5.54 Å². The highest BCUT2D eigenvalue weighted by atomic mass is 19.1. The van der Waals surface area contributed by atoms with E-state index in [1.165, 1.54) is 6.07 Å². The number of benzene rings is 1. The van der Waals surface area contributed by atoms with Crippen molar-refractivity contribution in [3.63, 3.8) is 0 Å². The maximum atomic E-state index is 13.4. The van der Waals surface area contributed by atoms with E-state index in [1.807, 2.05) is 25.9 Å². The fraction of sp³-hybridized carbons (Fsp3) is 0.455. The summed E-state index contributed by atoms with van der Waals surface area (Å²) in [6.07, 6.45) is 0. The van der Waals surface area contributed by atoms with Gasteiger partial charge in [-0.05, 0) is 27.1 Å². The topological polar surface area (TPSA) is 29.3 Å². The van der Waals surface area contributed by atoms with Crippen molar-refractivity contribution in [1.82, 2.24) is 4.90 Å². The largest absolute Gasteiger partial charge is 0.320 e. The predicted octanol–water partition coefficient (Wildman–Crippen LogP) is 1.56. The first-order chi connectivity index (χ1) is 6.43. The Labute approximate surface area is 84.5 Å². The van der Waals surface area contributed by atoms with Gasteiger partial charge in [0.2, 0.25) is 0 Å². The molecule has 1 aromatic rings. The van der Waals surface area contributed by atoms with Gasteiger partial charge in [0, 0.05) is 12.1 Å². The maximum absolute atomic E-state index is 13.4. The lowest BCUT2D eigenvalue weighted by molar-refractivity contribution is 0.297. The van der Waals surface area contributed by atoms with Gasteiger partial charge in [0.25, 0.3) is 0 Å². The molecule has 2 nitrogen and oxygen atoms in total. The Bertz CT molecular complexity index is 308. The molecule has 0 saturated heterocycles. The molecule has 1 aromatic carbocycles. The van der Waals surface area contributed by atoms with Gasteiger partial charge in [0.05, 0.1) is 5.54 Å². The zero-order valence-electron chi connectivity index (χ0n) is 8.92. The molecule has 0 aromatic heterocycles. The van der Waals surface area contributed by atoms with E-state index in [0.717, 1.165) is 0 Å². The summed E-state index contributed by atoms with van der Waals surface area (Å²) in [5.41, 5.74) is 5.98. The van der Waals surface area contributed by atoms with Gasteiger partial charge < -0.3 is 10.6 Å². The molecule has 0 radical (unpaired) electrons. The van der Waals surface area contributed by atoms with Crippen LogP contribution < -0.4 is 5.73 Å². The van der Waals surface area contributed by atoms with Crippen LogP contribution in [0.2, 0.25) is 0 Å². The fourth-order valence-corrected chi connectivity index (χ4v) is 1.67. The van der Waals surface area contributed by atoms with Crippen molar-refractivity contribution in [2.45, 2.75) is 12.5 Å². The Morgan fingerprint density at radius 3 is 2.43 bits per heavy atom. The highest BCUT2D eigenvalue weighted by molar-refractivity contribution is 5.25. The minimum atomic E-state index is -0.644. The van der Waals surface area contributed by atoms with Gasteiger partial charge in [-0.3, -0.25) is 0 Å². The molecule has 78 valence electrons. The van der Waals surface area contributed by atoms with Crippen LogP contribution in [-0.4, -0.2) is 25.5 Å². The van der Waals surface area contributed by atoms with Crippen LogP contribution in [0.25, 0.3) is 0 Å². The SMILES string of the molecule is CN(C)CC(C)(N)c1ccccc1F. The molecule has 1 atom stereocenters. The van der Waals surface area contributed by atoms with E-state index in [1.54, 1.807) is 18.2 Å². The van der Waals surface area contributed by atoms with Gasteiger partial charge in [-0.25, -0.2) is 4.39 Å². The van der Waals surface area contributed by atoms with Crippen molar-refractivity contribution in [2.75, 3.05) is 20.6 Å². The molecule has 0 saturated carbocycles. The van der Waals surface area contributed by atoms with E-state index in [2.05, 4.69) is 0 Å². The van der Waals surface area contributed by atoms with E-state index >= 15 is 0 Å². The third-order valence-electron chi connectivity index (χ3n) is 2.13. The van der Waals surface area contributed by atoms with Crippen LogP contribution in [0.15, 0.2) is 24.3 Å². The van der Waals surface area contributed by atoms with E-state index in [4.69, 9.17) is 5.73 Å². The zero-order valence-corrected chi connectivity index (χ0v) is 8.92. The van der Waals surface area contributed by atoms with Crippen molar-refractivity contribution in [3.8, 4) is 0 Å². The molecule has 0 spiro atoms. The highest BCUT2D eigenvalue weighted by Crippen LogP contribution is 2.21. The van der Waals surface area contributed by atoms with Crippen LogP contribution in [0.1, 0.15) is 12.5 Å². The number of nitrogens with two attached hydrogens (primary N) is 1. The number of likely N-dealkylation sites (N-methyl/N-ethyl adjacent to an activating group) is 1. The smallest absolute Gasteiger partial charge is 0.128 e. The Morgan fingerprint density at radius 2 is 1.93 bits per heavy atom. The lowest BCUT2D eigenvalue weighted by Gasteiger charge is -2.28. The average Bonchev–Trinajstić information content (AvgIpc) is 2.02. The Balaban J connectivity index is 2.97. The van der Waals surface area contributed by atoms with Crippen LogP contribution >= 0.6 is 0 Å². The molecular weight excluding hydrogens is 179 g/mol. The minimum absolute atomic E-state index is 0.237. The second kappa shape index (κ2) is 4.07. The predicted molar refractivity (Wildman–Crippen MR) is 56.5 cm³/mol. The summed E-state index contributed by atoms with van der Waals surface area (Å²) in [5.74, 6) is -0.237. The number of halogens is 1. The molecule has 0 aliphatic heterocycles. The Hall–Kier alpha value is -0.930. The van der Waals surface area contributed by atoms with Gasteiger partial charge in [-0.1, -0.05) is 18.2 Å². The molecule has 1 unspecified atom stereocenters. The zero-order chi connectivity index (χ0) is 10.8. The number of hydrogen-bond donors (Lipinski definition) is 1. The first-order valence-corrected chi connectivity index (χ1v) is 4.62. The summed E-state index contributed by atoms with van der Waals surface area (Å²) in [5, 5.41) is 0. The van der Waals surface area contributed by atoms with Gasteiger partial charge in [-0.15, -0.1) is 0 Å². The molecule has 0 fully saturated rings. The second-order valence-electron chi connectivity index (χ2n) is 4.14. The third kappa shape index (κ3) is 2.53. The van der Waals surface area contributed by atoms with Crippen LogP contribution in [0, 0.1) is 5.82 Å². The molecule has 0 amide bonds. The van der Waals surface area contributed by atoms with Crippen molar-refractivity contribution >= 4 is 0 Å². The van der Waals surface area contributed by atoms with Crippen LogP contribution in [0.3, 0.4) is 0 Å². The molecular formula is C11H17FN2. The second-order valence-corrected chi connectivity index (χ2v) is 4.14. The van der Waals surface area contributed by atoms with E-state index in [-0.39, 0.29) is 5.82 Å². The van der Waals surface area contributed by atoms with Gasteiger partial charge in [0.1, 0.15) is 5.82 Å². The molecule has 0 bridgehead atoms. The van der Waals surface area contributed by atoms with Crippen LogP contribution in [0.4, 0.5) is 4.39 Å². The van der Waals surface area contributed by atoms with Gasteiger partial charge in [-0.2, -0.15) is 0 Å². The molecule has 3 heteroatoms. The van der Waals surface area contributed by atoms with Crippen molar-refractivity contribution < 1.29 is 4.39 Å². The molecule has 14 heavy (non-hydrogen) atoms. The molecule has 0 aliphatic carbocycles. The summed E-state index contributed by atoms with van der Waals surface area (Å²) in [6, 6.07) is 6.65. The summed E-state index contributed by atoms with van der Waals surface area (Å²) in [4.78, 5) is 1.95. The maximum Gasteiger partial charge on any atom is 0.128 e. The van der Waals surface area contributed by atoms with E-state index in [0.29, 0.717) is 12.1 Å². The van der Waals surface area contributed by atoms with Gasteiger partial charge >= 0.3 is 0 Å². The third-order valence-corrected chi connectivity index (χ3v) is 2.13. The summed E-state index contributed by atoms with van der Waals surface area (Å²) in [7, 11) is 3.85. The molecule has 0 aliphatic rings. The first kappa shape index (κ1) is 11.1. The summed E-state index contributed by atoms with van der Waals surface area (Å²) < 4.78 is 13.4. The lowest BCUT2D eigenvalue weighted by Crippen LogP contribution is -2.43. The van der Waals surface area contributed by atoms with Crippen LogP contribution in [0.5, 0.6) is 0 Å². The summed E-state index contributed by atoms with van der Waals surface area (Å²) >= 11 is 0. The quantitative estimate of drug-likeness (QED) is 0.795. The van der Waals surface area contributed by atoms with E-state index < -0.39 is 5.54 Å². The monoisotopic (exact) mass is 196 g/mol. The average molecular weight is 196 g/mol. The fourth-order valence-electron chi connectivity index (χ4n) is 1.67. The number of rotatable bonds is 3. The summed E-state index contributed by atoms with van der Waals surface area (Å²) in [6.45, 7) is 2.46. The van der Waals surface area contributed by atoms with Crippen molar-refractivity contribution in [2.24, 2.45) is 5.73 Å². The Morgan fingerprint density at radius 1 is 1.36 bits per heavy atom. The van der Waals surface area contributed by atoms with Gasteiger partial charge in [0.15, 0.2) is 0 Å². The Kier molecular flexibility index (Phi) is 3.24. The standard InChI is InChI=1S/C11H17FN2/c1-11(13,8-14(2)3)9-6-4-5-7-10(9)12/h4-7H,8,13H2,1-3H3. The molecule has 1 rings (SSSR count). The number of nitrogens with zero attached hydrogens (tertiary/aromatic N) is 1. The van der Waals surface area contributed by atoms with Crippen molar-refractivity contribution in [3.05, 3.63) is 35.6 Å². The highest BCUT2D eigenvalue weighted by Gasteiger charge is 2.24.